The van der Waals surface area contributed by atoms with Gasteiger partial charge in [-0.05, 0) is 47.4 Å². The Morgan fingerprint density at radius 1 is 1.00 bits per heavy atom. The van der Waals surface area contributed by atoms with Crippen LogP contribution in [-0.2, 0) is 6.61 Å². The summed E-state index contributed by atoms with van der Waals surface area (Å²) in [6.45, 7) is 1.66. The van der Waals surface area contributed by atoms with Gasteiger partial charge in [-0.15, -0.1) is 0 Å². The standard InChI is InChI=1S/C21H16FN3O/c1-13-16(3-2-4-18(13)22)20-17(15-9-14(12-26)10-23-11-15)5-6-19-21(20)25-8-7-24-19/h2-11,26H,12H2,1H3. The van der Waals surface area contributed by atoms with Crippen LogP contribution in [0.1, 0.15) is 11.1 Å². The highest BCUT2D eigenvalue weighted by atomic mass is 19.1. The normalized spacial score (nSPS) is 11.0. The second kappa shape index (κ2) is 6.61. The van der Waals surface area contributed by atoms with E-state index in [9.17, 15) is 9.50 Å². The Morgan fingerprint density at radius 2 is 1.85 bits per heavy atom. The van der Waals surface area contributed by atoms with Crippen LogP contribution in [0, 0.1) is 12.7 Å². The van der Waals surface area contributed by atoms with Gasteiger partial charge in [-0.1, -0.05) is 18.2 Å². The van der Waals surface area contributed by atoms with Gasteiger partial charge in [-0.3, -0.25) is 15.0 Å². The van der Waals surface area contributed by atoms with Crippen LogP contribution in [0.2, 0.25) is 0 Å². The number of rotatable bonds is 3. The van der Waals surface area contributed by atoms with E-state index in [1.165, 1.54) is 6.07 Å². The molecule has 0 spiro atoms. The Hall–Kier alpha value is -3.18. The summed E-state index contributed by atoms with van der Waals surface area (Å²) >= 11 is 0. The van der Waals surface area contributed by atoms with Crippen molar-refractivity contribution in [1.29, 1.82) is 0 Å². The number of hydrogen-bond donors (Lipinski definition) is 1. The third kappa shape index (κ3) is 2.72. The molecule has 4 aromatic rings. The maximum Gasteiger partial charge on any atom is 0.126 e. The Bertz CT molecular complexity index is 1110. The molecule has 2 heterocycles. The lowest BCUT2D eigenvalue weighted by Crippen LogP contribution is -1.96. The first-order chi connectivity index (χ1) is 12.7. The van der Waals surface area contributed by atoms with E-state index in [1.807, 2.05) is 24.3 Å². The molecule has 2 aromatic carbocycles. The highest BCUT2D eigenvalue weighted by Gasteiger charge is 2.17. The van der Waals surface area contributed by atoms with Gasteiger partial charge >= 0.3 is 0 Å². The van der Waals surface area contributed by atoms with Crippen molar-refractivity contribution in [1.82, 2.24) is 15.0 Å². The van der Waals surface area contributed by atoms with E-state index in [1.54, 1.807) is 37.8 Å². The van der Waals surface area contributed by atoms with Gasteiger partial charge in [0.25, 0.3) is 0 Å². The minimum Gasteiger partial charge on any atom is -0.392 e. The molecule has 0 bridgehead atoms. The molecule has 0 amide bonds. The first-order valence-corrected chi connectivity index (χ1v) is 8.23. The molecule has 128 valence electrons. The zero-order valence-electron chi connectivity index (χ0n) is 14.1. The first kappa shape index (κ1) is 16.3. The highest BCUT2D eigenvalue weighted by Crippen LogP contribution is 2.38. The van der Waals surface area contributed by atoms with Gasteiger partial charge in [0, 0.05) is 35.9 Å². The molecule has 0 unspecified atom stereocenters. The molecule has 4 nitrogen and oxygen atoms in total. The molecule has 4 rings (SSSR count). The van der Waals surface area contributed by atoms with Crippen LogP contribution in [0.25, 0.3) is 33.3 Å². The number of benzene rings is 2. The van der Waals surface area contributed by atoms with Crippen LogP contribution in [0.3, 0.4) is 0 Å². The van der Waals surface area contributed by atoms with Gasteiger partial charge < -0.3 is 5.11 Å². The van der Waals surface area contributed by atoms with Gasteiger partial charge in [-0.25, -0.2) is 4.39 Å². The summed E-state index contributed by atoms with van der Waals surface area (Å²) in [6, 6.07) is 10.7. The van der Waals surface area contributed by atoms with Crippen LogP contribution in [0.15, 0.2) is 61.2 Å². The van der Waals surface area contributed by atoms with Crippen molar-refractivity contribution >= 4 is 11.0 Å². The quantitative estimate of drug-likeness (QED) is 0.601. The van der Waals surface area contributed by atoms with Crippen LogP contribution in [-0.4, -0.2) is 20.1 Å². The summed E-state index contributed by atoms with van der Waals surface area (Å²) in [5.74, 6) is -0.267. The van der Waals surface area contributed by atoms with Crippen molar-refractivity contribution < 1.29 is 9.50 Å². The van der Waals surface area contributed by atoms with E-state index < -0.39 is 0 Å². The predicted molar refractivity (Wildman–Crippen MR) is 98.8 cm³/mol. The molecule has 26 heavy (non-hydrogen) atoms. The van der Waals surface area contributed by atoms with Gasteiger partial charge in [0.05, 0.1) is 17.6 Å². The summed E-state index contributed by atoms with van der Waals surface area (Å²) in [5, 5.41) is 9.44. The Morgan fingerprint density at radius 3 is 2.69 bits per heavy atom. The summed E-state index contributed by atoms with van der Waals surface area (Å²) in [4.78, 5) is 13.1. The Labute approximate surface area is 150 Å². The SMILES string of the molecule is Cc1c(F)cccc1-c1c(-c2cncc(CO)c2)ccc2nccnc12. The largest absolute Gasteiger partial charge is 0.392 e. The fourth-order valence-electron chi connectivity index (χ4n) is 3.15. The number of fused-ring (bicyclic) bond motifs is 1. The monoisotopic (exact) mass is 345 g/mol. The van der Waals surface area contributed by atoms with E-state index in [0.29, 0.717) is 16.6 Å². The summed E-state index contributed by atoms with van der Waals surface area (Å²) in [5.41, 5.74) is 5.98. The third-order valence-corrected chi connectivity index (χ3v) is 4.47. The van der Waals surface area contributed by atoms with E-state index in [2.05, 4.69) is 15.0 Å². The number of halogens is 1. The molecule has 0 aliphatic heterocycles. The number of pyridine rings is 1. The molecule has 0 saturated carbocycles. The van der Waals surface area contributed by atoms with Crippen molar-refractivity contribution in [3.8, 4) is 22.3 Å². The molecular formula is C21H16FN3O. The molecule has 0 saturated heterocycles. The van der Waals surface area contributed by atoms with Crippen LogP contribution in [0.4, 0.5) is 4.39 Å². The zero-order chi connectivity index (χ0) is 18.1. The lowest BCUT2D eigenvalue weighted by Gasteiger charge is -2.15. The molecule has 0 fully saturated rings. The molecular weight excluding hydrogens is 329 g/mol. The minimum absolute atomic E-state index is 0.0947. The number of aromatic nitrogens is 3. The van der Waals surface area contributed by atoms with E-state index in [-0.39, 0.29) is 12.4 Å². The maximum absolute atomic E-state index is 14.2. The zero-order valence-corrected chi connectivity index (χ0v) is 14.1. The lowest BCUT2D eigenvalue weighted by atomic mass is 9.91. The molecule has 0 atom stereocenters. The van der Waals surface area contributed by atoms with Gasteiger partial charge in [-0.2, -0.15) is 0 Å². The fourth-order valence-corrected chi connectivity index (χ4v) is 3.15. The van der Waals surface area contributed by atoms with E-state index in [4.69, 9.17) is 0 Å². The minimum atomic E-state index is -0.267. The summed E-state index contributed by atoms with van der Waals surface area (Å²) in [7, 11) is 0. The molecule has 0 aliphatic rings. The maximum atomic E-state index is 14.2. The predicted octanol–water partition coefficient (Wildman–Crippen LogP) is 4.30. The number of aliphatic hydroxyl groups is 1. The summed E-state index contributed by atoms with van der Waals surface area (Å²) in [6.07, 6.45) is 6.62. The van der Waals surface area contributed by atoms with Crippen molar-refractivity contribution in [2.45, 2.75) is 13.5 Å². The van der Waals surface area contributed by atoms with Crippen molar-refractivity contribution in [2.75, 3.05) is 0 Å². The second-order valence-corrected chi connectivity index (χ2v) is 6.06. The molecule has 2 aromatic heterocycles. The average molecular weight is 345 g/mol. The van der Waals surface area contributed by atoms with Gasteiger partial charge in [0.2, 0.25) is 0 Å². The Balaban J connectivity index is 2.09. The van der Waals surface area contributed by atoms with Crippen molar-refractivity contribution in [3.05, 3.63) is 78.1 Å². The fraction of sp³-hybridized carbons (Fsp3) is 0.0952. The number of aliphatic hydroxyl groups excluding tert-OH is 1. The number of nitrogens with zero attached hydrogens (tertiary/aromatic N) is 3. The van der Waals surface area contributed by atoms with E-state index in [0.717, 1.165) is 27.8 Å². The van der Waals surface area contributed by atoms with Gasteiger partial charge in [0.1, 0.15) is 5.82 Å². The molecule has 1 N–H and O–H groups in total. The number of hydrogen-bond acceptors (Lipinski definition) is 4. The van der Waals surface area contributed by atoms with Crippen LogP contribution >= 0.6 is 0 Å². The summed E-state index contributed by atoms with van der Waals surface area (Å²) < 4.78 is 14.2. The highest BCUT2D eigenvalue weighted by molar-refractivity contribution is 6.01. The molecule has 0 aliphatic carbocycles. The average Bonchev–Trinajstić information content (AvgIpc) is 2.69. The molecule has 0 radical (unpaired) electrons. The van der Waals surface area contributed by atoms with E-state index >= 15 is 0 Å². The van der Waals surface area contributed by atoms with Gasteiger partial charge in [0.15, 0.2) is 0 Å². The smallest absolute Gasteiger partial charge is 0.126 e. The van der Waals surface area contributed by atoms with Crippen molar-refractivity contribution in [2.24, 2.45) is 0 Å². The first-order valence-electron chi connectivity index (χ1n) is 8.23. The Kier molecular flexibility index (Phi) is 4.14. The van der Waals surface area contributed by atoms with Crippen LogP contribution < -0.4 is 0 Å². The van der Waals surface area contributed by atoms with Crippen LogP contribution in [0.5, 0.6) is 0 Å². The topological polar surface area (TPSA) is 58.9 Å². The second-order valence-electron chi connectivity index (χ2n) is 6.06. The third-order valence-electron chi connectivity index (χ3n) is 4.47. The lowest BCUT2D eigenvalue weighted by molar-refractivity contribution is 0.281. The van der Waals surface area contributed by atoms with Crippen molar-refractivity contribution in [3.63, 3.8) is 0 Å². The molecule has 5 heteroatoms.